The Kier molecular flexibility index (Phi) is 7.83. The second kappa shape index (κ2) is 10.3. The highest BCUT2D eigenvalue weighted by Gasteiger charge is 2.07. The molecule has 0 bridgehead atoms. The zero-order chi connectivity index (χ0) is 19.6. The highest BCUT2D eigenvalue weighted by atomic mass is 16.6. The van der Waals surface area contributed by atoms with Gasteiger partial charge in [0.25, 0.3) is 0 Å². The third-order valence-corrected chi connectivity index (χ3v) is 4.25. The number of aryl methyl sites for hydroxylation is 2. The van der Waals surface area contributed by atoms with Crippen molar-refractivity contribution in [2.75, 3.05) is 20.2 Å². The molecule has 0 saturated heterocycles. The van der Waals surface area contributed by atoms with Gasteiger partial charge in [-0.2, -0.15) is 0 Å². The fraction of sp³-hybridized carbons (Fsp3) is 0.261. The Hall–Kier alpha value is -2.85. The van der Waals surface area contributed by atoms with Gasteiger partial charge in [0, 0.05) is 19.2 Å². The summed E-state index contributed by atoms with van der Waals surface area (Å²) in [5.41, 5.74) is 9.03. The Morgan fingerprint density at radius 2 is 1.93 bits per heavy atom. The van der Waals surface area contributed by atoms with Gasteiger partial charge in [0.1, 0.15) is 0 Å². The topological polar surface area (TPSA) is 36.9 Å². The van der Waals surface area contributed by atoms with Crippen LogP contribution in [0.15, 0.2) is 60.1 Å². The maximum absolute atomic E-state index is 5.52. The summed E-state index contributed by atoms with van der Waals surface area (Å²) >= 11 is 0. The molecule has 0 amide bonds. The zero-order valence-corrected chi connectivity index (χ0v) is 16.7. The zero-order valence-electron chi connectivity index (χ0n) is 16.7. The molecule has 0 radical (unpaired) electrons. The summed E-state index contributed by atoms with van der Waals surface area (Å²) in [5, 5.41) is 0. The standard InChI is InChI=1S/C23H29N3O/c1-6-26(5)17-24-23-16-18(2)22(15-19(23)3)20(4)25-27-14-10-13-21-11-8-7-9-12-21/h7-13,15-17,25H,4,6,14H2,1-3,5H3. The minimum absolute atomic E-state index is 0.456. The molecule has 0 aliphatic carbocycles. The molecule has 1 N–H and O–H groups in total. The minimum Gasteiger partial charge on any atom is -0.366 e. The van der Waals surface area contributed by atoms with E-state index in [1.165, 1.54) is 0 Å². The summed E-state index contributed by atoms with van der Waals surface area (Å²) in [6.45, 7) is 11.7. The van der Waals surface area contributed by atoms with Crippen LogP contribution in [0, 0.1) is 13.8 Å². The molecule has 4 heteroatoms. The van der Waals surface area contributed by atoms with Gasteiger partial charge in [0.15, 0.2) is 0 Å². The molecule has 0 unspecified atom stereocenters. The quantitative estimate of drug-likeness (QED) is 0.291. The van der Waals surface area contributed by atoms with Crippen molar-refractivity contribution < 1.29 is 4.84 Å². The van der Waals surface area contributed by atoms with Crippen molar-refractivity contribution in [1.82, 2.24) is 10.4 Å². The van der Waals surface area contributed by atoms with Crippen LogP contribution in [-0.2, 0) is 4.84 Å². The number of aliphatic imine (C=N–C) groups is 1. The summed E-state index contributed by atoms with van der Waals surface area (Å²) in [6.07, 6.45) is 5.85. The lowest BCUT2D eigenvalue weighted by atomic mass is 10.0. The van der Waals surface area contributed by atoms with Gasteiger partial charge in [0.2, 0.25) is 0 Å². The van der Waals surface area contributed by atoms with Crippen LogP contribution in [0.2, 0.25) is 0 Å². The molecule has 0 spiro atoms. The van der Waals surface area contributed by atoms with Gasteiger partial charge in [-0.15, -0.1) is 0 Å². The van der Waals surface area contributed by atoms with Gasteiger partial charge in [-0.1, -0.05) is 49.1 Å². The molecule has 0 aliphatic rings. The average molecular weight is 364 g/mol. The molecule has 0 saturated carbocycles. The van der Waals surface area contributed by atoms with Gasteiger partial charge in [-0.25, -0.2) is 4.99 Å². The molecule has 2 rings (SSSR count). The van der Waals surface area contributed by atoms with Crippen molar-refractivity contribution in [2.45, 2.75) is 20.8 Å². The lowest BCUT2D eigenvalue weighted by molar-refractivity contribution is 0.104. The first-order valence-electron chi connectivity index (χ1n) is 9.15. The van der Waals surface area contributed by atoms with E-state index in [0.717, 1.165) is 40.2 Å². The molecule has 4 nitrogen and oxygen atoms in total. The van der Waals surface area contributed by atoms with E-state index in [-0.39, 0.29) is 0 Å². The predicted octanol–water partition coefficient (Wildman–Crippen LogP) is 5.12. The largest absolute Gasteiger partial charge is 0.366 e. The van der Waals surface area contributed by atoms with Gasteiger partial charge in [0.05, 0.1) is 24.3 Å². The molecule has 0 aliphatic heterocycles. The summed E-state index contributed by atoms with van der Waals surface area (Å²) < 4.78 is 0. The Balaban J connectivity index is 1.93. The van der Waals surface area contributed by atoms with Crippen LogP contribution < -0.4 is 5.48 Å². The van der Waals surface area contributed by atoms with E-state index < -0.39 is 0 Å². The first-order valence-corrected chi connectivity index (χ1v) is 9.15. The van der Waals surface area contributed by atoms with Crippen molar-refractivity contribution in [3.05, 3.63) is 77.4 Å². The number of benzene rings is 2. The second-order valence-electron chi connectivity index (χ2n) is 6.48. The Labute approximate surface area is 162 Å². The van der Waals surface area contributed by atoms with Gasteiger partial charge < -0.3 is 4.90 Å². The van der Waals surface area contributed by atoms with Gasteiger partial charge in [-0.05, 0) is 49.6 Å². The SMILES string of the molecule is C=C(NOCC=Cc1ccccc1)c1cc(C)c(N=CN(C)CC)cc1C. The molecule has 27 heavy (non-hydrogen) atoms. The van der Waals surface area contributed by atoms with E-state index in [9.17, 15) is 0 Å². The smallest absolute Gasteiger partial charge is 0.0930 e. The molecule has 0 fully saturated rings. The molecule has 142 valence electrons. The van der Waals surface area contributed by atoms with E-state index >= 15 is 0 Å². The Bertz CT molecular complexity index is 810. The van der Waals surface area contributed by atoms with E-state index in [0.29, 0.717) is 6.61 Å². The van der Waals surface area contributed by atoms with E-state index in [4.69, 9.17) is 4.84 Å². The maximum Gasteiger partial charge on any atom is 0.0930 e. The summed E-state index contributed by atoms with van der Waals surface area (Å²) in [4.78, 5) is 12.1. The second-order valence-corrected chi connectivity index (χ2v) is 6.48. The first kappa shape index (κ1) is 20.5. The van der Waals surface area contributed by atoms with Crippen molar-refractivity contribution in [1.29, 1.82) is 0 Å². The summed E-state index contributed by atoms with van der Waals surface area (Å²) in [7, 11) is 2.01. The number of hydrogen-bond acceptors (Lipinski definition) is 3. The minimum atomic E-state index is 0.456. The number of rotatable bonds is 9. The van der Waals surface area contributed by atoms with Crippen LogP contribution in [0.25, 0.3) is 11.8 Å². The van der Waals surface area contributed by atoms with Gasteiger partial charge in [-0.3, -0.25) is 10.3 Å². The fourth-order valence-corrected chi connectivity index (χ4v) is 2.49. The third kappa shape index (κ3) is 6.42. The fourth-order valence-electron chi connectivity index (χ4n) is 2.49. The van der Waals surface area contributed by atoms with Crippen molar-refractivity contribution in [2.24, 2.45) is 4.99 Å². The number of nitrogens with one attached hydrogen (secondary N) is 1. The van der Waals surface area contributed by atoms with Crippen LogP contribution in [0.4, 0.5) is 5.69 Å². The van der Waals surface area contributed by atoms with Crippen LogP contribution >= 0.6 is 0 Å². The van der Waals surface area contributed by atoms with Crippen LogP contribution in [0.1, 0.15) is 29.2 Å². The number of hydrogen-bond donors (Lipinski definition) is 1. The number of nitrogens with zero attached hydrogens (tertiary/aromatic N) is 2. The van der Waals surface area contributed by atoms with Crippen LogP contribution in [0.3, 0.4) is 0 Å². The van der Waals surface area contributed by atoms with Crippen molar-refractivity contribution in [3.63, 3.8) is 0 Å². The summed E-state index contributed by atoms with van der Waals surface area (Å²) in [5.74, 6) is 0. The number of hydroxylamine groups is 1. The highest BCUT2D eigenvalue weighted by molar-refractivity contribution is 5.70. The Morgan fingerprint density at radius 3 is 2.63 bits per heavy atom. The first-order chi connectivity index (χ1) is 13.0. The molecular formula is C23H29N3O. The van der Waals surface area contributed by atoms with Crippen LogP contribution in [-0.4, -0.2) is 31.4 Å². The van der Waals surface area contributed by atoms with Crippen LogP contribution in [0.5, 0.6) is 0 Å². The normalized spacial score (nSPS) is 11.3. The monoisotopic (exact) mass is 363 g/mol. The summed E-state index contributed by atoms with van der Waals surface area (Å²) in [6, 6.07) is 14.3. The van der Waals surface area contributed by atoms with E-state index in [1.807, 2.05) is 48.6 Å². The lowest BCUT2D eigenvalue weighted by Crippen LogP contribution is -2.14. The molecule has 0 atom stereocenters. The highest BCUT2D eigenvalue weighted by Crippen LogP contribution is 2.26. The Morgan fingerprint density at radius 1 is 1.19 bits per heavy atom. The molecule has 2 aromatic rings. The predicted molar refractivity (Wildman–Crippen MR) is 116 cm³/mol. The van der Waals surface area contributed by atoms with Crippen molar-refractivity contribution in [3.8, 4) is 0 Å². The third-order valence-electron chi connectivity index (χ3n) is 4.25. The molecule has 0 aromatic heterocycles. The van der Waals surface area contributed by atoms with Gasteiger partial charge >= 0.3 is 0 Å². The lowest BCUT2D eigenvalue weighted by Gasteiger charge is -2.14. The molecule has 2 aromatic carbocycles. The molecular weight excluding hydrogens is 334 g/mol. The average Bonchev–Trinajstić information content (AvgIpc) is 2.68. The van der Waals surface area contributed by atoms with E-state index in [2.05, 4.69) is 62.1 Å². The molecule has 0 heterocycles. The van der Waals surface area contributed by atoms with Crippen molar-refractivity contribution >= 4 is 23.8 Å². The van der Waals surface area contributed by atoms with E-state index in [1.54, 1.807) is 0 Å². The maximum atomic E-state index is 5.52.